The van der Waals surface area contributed by atoms with Crippen LogP contribution in [0.25, 0.3) is 10.2 Å². The molecule has 0 aliphatic carbocycles. The summed E-state index contributed by atoms with van der Waals surface area (Å²) in [7, 11) is 0. The number of anilines is 1. The van der Waals surface area contributed by atoms with Crippen LogP contribution in [-0.4, -0.2) is 21.7 Å². The highest BCUT2D eigenvalue weighted by molar-refractivity contribution is 7.98. The second-order valence-corrected chi connectivity index (χ2v) is 6.34. The van der Waals surface area contributed by atoms with E-state index in [0.29, 0.717) is 15.4 Å². The van der Waals surface area contributed by atoms with E-state index in [1.807, 2.05) is 0 Å². The van der Waals surface area contributed by atoms with Crippen molar-refractivity contribution in [3.63, 3.8) is 0 Å². The number of amides is 1. The van der Waals surface area contributed by atoms with Gasteiger partial charge in [0.05, 0.1) is 11.2 Å². The minimum atomic E-state index is -0.523. The Bertz CT molecular complexity index is 936. The van der Waals surface area contributed by atoms with Crippen LogP contribution in [0.1, 0.15) is 0 Å². The van der Waals surface area contributed by atoms with Gasteiger partial charge >= 0.3 is 0 Å². The summed E-state index contributed by atoms with van der Waals surface area (Å²) in [5, 5.41) is 4.71. The Labute approximate surface area is 139 Å². The fourth-order valence-corrected chi connectivity index (χ4v) is 3.45. The topological polar surface area (TPSA) is 64.0 Å². The third-order valence-corrected chi connectivity index (χ3v) is 4.73. The van der Waals surface area contributed by atoms with Crippen LogP contribution < -0.4 is 10.9 Å². The molecular formula is C15H12FN3O2S2. The normalized spacial score (nSPS) is 10.9. The average Bonchev–Trinajstić information content (AvgIpc) is 3.01. The lowest BCUT2D eigenvalue weighted by atomic mass is 10.3. The van der Waals surface area contributed by atoms with E-state index in [-0.39, 0.29) is 17.8 Å². The van der Waals surface area contributed by atoms with Crippen LogP contribution in [0.2, 0.25) is 0 Å². The Morgan fingerprint density at radius 3 is 2.91 bits per heavy atom. The maximum Gasteiger partial charge on any atom is 0.272 e. The first-order chi connectivity index (χ1) is 11.1. The minimum Gasteiger partial charge on any atom is -0.322 e. The Hall–Kier alpha value is -2.19. The number of para-hydroxylation sites is 1. The zero-order valence-corrected chi connectivity index (χ0v) is 13.7. The predicted molar refractivity (Wildman–Crippen MR) is 90.7 cm³/mol. The van der Waals surface area contributed by atoms with Crippen molar-refractivity contribution in [2.24, 2.45) is 0 Å². The molecule has 0 saturated heterocycles. The zero-order valence-electron chi connectivity index (χ0n) is 12.1. The van der Waals surface area contributed by atoms with Gasteiger partial charge in [0.25, 0.3) is 5.56 Å². The van der Waals surface area contributed by atoms with E-state index in [1.165, 1.54) is 45.9 Å². The molecule has 3 rings (SSSR count). The van der Waals surface area contributed by atoms with E-state index in [4.69, 9.17) is 0 Å². The summed E-state index contributed by atoms with van der Waals surface area (Å²) >= 11 is 2.57. The summed E-state index contributed by atoms with van der Waals surface area (Å²) in [6.45, 7) is -0.218. The molecule has 0 radical (unpaired) electrons. The fraction of sp³-hybridized carbons (Fsp3) is 0.133. The maximum atomic E-state index is 13.6. The van der Waals surface area contributed by atoms with Gasteiger partial charge in [-0.25, -0.2) is 9.37 Å². The van der Waals surface area contributed by atoms with Crippen molar-refractivity contribution in [3.8, 4) is 0 Å². The Balaban J connectivity index is 1.91. The van der Waals surface area contributed by atoms with Crippen molar-refractivity contribution < 1.29 is 9.18 Å². The molecule has 8 heteroatoms. The van der Waals surface area contributed by atoms with Crippen molar-refractivity contribution in [2.45, 2.75) is 11.7 Å². The molecule has 3 aromatic rings. The van der Waals surface area contributed by atoms with Crippen molar-refractivity contribution >= 4 is 44.9 Å². The molecule has 0 fully saturated rings. The molecule has 0 atom stereocenters. The molecule has 0 spiro atoms. The molecule has 0 unspecified atom stereocenters. The zero-order chi connectivity index (χ0) is 16.4. The molecule has 0 bridgehead atoms. The lowest BCUT2D eigenvalue weighted by Crippen LogP contribution is -2.29. The van der Waals surface area contributed by atoms with Gasteiger partial charge in [-0.2, -0.15) is 0 Å². The molecule has 1 N–H and O–H groups in total. The largest absolute Gasteiger partial charge is 0.322 e. The van der Waals surface area contributed by atoms with Gasteiger partial charge in [-0.15, -0.1) is 11.3 Å². The number of carbonyl (C=O) groups is 1. The summed E-state index contributed by atoms with van der Waals surface area (Å²) < 4.78 is 15.4. The van der Waals surface area contributed by atoms with Gasteiger partial charge < -0.3 is 5.32 Å². The number of benzene rings is 1. The standard InChI is InChI=1S/C15H12FN3O2S2/c1-22-15-18-11-6-7-23-13(11)14(21)19(15)8-12(20)17-10-5-3-2-4-9(10)16/h2-7H,8H2,1H3,(H,17,20). The number of hydrogen-bond acceptors (Lipinski definition) is 5. The van der Waals surface area contributed by atoms with Crippen molar-refractivity contribution in [1.82, 2.24) is 9.55 Å². The van der Waals surface area contributed by atoms with Crippen molar-refractivity contribution in [1.29, 1.82) is 0 Å². The fourth-order valence-electron chi connectivity index (χ4n) is 2.11. The number of nitrogens with one attached hydrogen (secondary N) is 1. The molecule has 2 heterocycles. The van der Waals surface area contributed by atoms with E-state index >= 15 is 0 Å². The van der Waals surface area contributed by atoms with Gasteiger partial charge in [0.15, 0.2) is 5.16 Å². The highest BCUT2D eigenvalue weighted by Crippen LogP contribution is 2.19. The number of thiophene rings is 1. The van der Waals surface area contributed by atoms with Crippen molar-refractivity contribution in [2.75, 3.05) is 11.6 Å². The average molecular weight is 349 g/mol. The van der Waals surface area contributed by atoms with Gasteiger partial charge in [0, 0.05) is 0 Å². The van der Waals surface area contributed by atoms with E-state index < -0.39 is 11.7 Å². The van der Waals surface area contributed by atoms with Crippen LogP contribution in [0.3, 0.4) is 0 Å². The first-order valence-electron chi connectivity index (χ1n) is 6.66. The van der Waals surface area contributed by atoms with Gasteiger partial charge in [0.2, 0.25) is 5.91 Å². The molecule has 5 nitrogen and oxygen atoms in total. The van der Waals surface area contributed by atoms with Gasteiger partial charge in [-0.05, 0) is 29.8 Å². The van der Waals surface area contributed by atoms with Crippen LogP contribution in [0.15, 0.2) is 45.7 Å². The van der Waals surface area contributed by atoms with Gasteiger partial charge in [-0.1, -0.05) is 23.9 Å². The highest BCUT2D eigenvalue weighted by atomic mass is 32.2. The number of aromatic nitrogens is 2. The van der Waals surface area contributed by atoms with Crippen LogP contribution in [0.4, 0.5) is 10.1 Å². The monoisotopic (exact) mass is 349 g/mol. The van der Waals surface area contributed by atoms with Crippen LogP contribution in [0.5, 0.6) is 0 Å². The second kappa shape index (κ2) is 6.51. The number of nitrogens with zero attached hydrogens (tertiary/aromatic N) is 2. The lowest BCUT2D eigenvalue weighted by Gasteiger charge is -2.11. The second-order valence-electron chi connectivity index (χ2n) is 4.65. The number of hydrogen-bond donors (Lipinski definition) is 1. The predicted octanol–water partition coefficient (Wildman–Crippen LogP) is 2.96. The molecule has 0 aliphatic rings. The third kappa shape index (κ3) is 3.13. The number of rotatable bonds is 4. The van der Waals surface area contributed by atoms with Gasteiger partial charge in [0.1, 0.15) is 17.1 Å². The number of carbonyl (C=O) groups excluding carboxylic acids is 1. The summed E-state index contributed by atoms with van der Waals surface area (Å²) in [6, 6.07) is 7.65. The molecule has 1 aromatic carbocycles. The van der Waals surface area contributed by atoms with E-state index in [1.54, 1.807) is 23.8 Å². The molecule has 1 amide bonds. The van der Waals surface area contributed by atoms with Crippen LogP contribution in [0, 0.1) is 5.82 Å². The molecule has 0 saturated carbocycles. The first kappa shape index (κ1) is 15.7. The van der Waals surface area contributed by atoms with E-state index in [0.717, 1.165) is 0 Å². The van der Waals surface area contributed by atoms with Crippen LogP contribution >= 0.6 is 23.1 Å². The highest BCUT2D eigenvalue weighted by Gasteiger charge is 2.15. The minimum absolute atomic E-state index is 0.0846. The summed E-state index contributed by atoms with van der Waals surface area (Å²) in [6.07, 6.45) is 1.78. The summed E-state index contributed by atoms with van der Waals surface area (Å²) in [4.78, 5) is 29.0. The van der Waals surface area contributed by atoms with Gasteiger partial charge in [-0.3, -0.25) is 14.2 Å². The van der Waals surface area contributed by atoms with E-state index in [9.17, 15) is 14.0 Å². The SMILES string of the molecule is CSc1nc2ccsc2c(=O)n1CC(=O)Nc1ccccc1F. The first-order valence-corrected chi connectivity index (χ1v) is 8.77. The van der Waals surface area contributed by atoms with Crippen LogP contribution in [-0.2, 0) is 11.3 Å². The quantitative estimate of drug-likeness (QED) is 0.581. The molecule has 118 valence electrons. The Morgan fingerprint density at radius 1 is 1.39 bits per heavy atom. The third-order valence-electron chi connectivity index (χ3n) is 3.16. The van der Waals surface area contributed by atoms with Crippen molar-refractivity contribution in [3.05, 3.63) is 51.9 Å². The smallest absolute Gasteiger partial charge is 0.272 e. The molecule has 2 aromatic heterocycles. The number of thioether (sulfide) groups is 1. The Morgan fingerprint density at radius 2 is 2.17 bits per heavy atom. The number of halogens is 1. The molecule has 23 heavy (non-hydrogen) atoms. The lowest BCUT2D eigenvalue weighted by molar-refractivity contribution is -0.116. The molecule has 0 aliphatic heterocycles. The maximum absolute atomic E-state index is 13.6. The summed E-state index contributed by atoms with van der Waals surface area (Å²) in [5.74, 6) is -1.00. The number of fused-ring (bicyclic) bond motifs is 1. The molecular weight excluding hydrogens is 337 g/mol. The van der Waals surface area contributed by atoms with E-state index in [2.05, 4.69) is 10.3 Å². The Kier molecular flexibility index (Phi) is 4.44. The summed E-state index contributed by atoms with van der Waals surface area (Å²) in [5.41, 5.74) is 0.439.